The first-order valence-corrected chi connectivity index (χ1v) is 6.45. The number of esters is 1. The molecular weight excluding hydrogens is 254 g/mol. The van der Waals surface area contributed by atoms with Crippen molar-refractivity contribution in [2.75, 3.05) is 13.2 Å². The highest BCUT2D eigenvalue weighted by molar-refractivity contribution is 5.86. The number of rotatable bonds is 5. The van der Waals surface area contributed by atoms with E-state index in [-0.39, 0.29) is 11.5 Å². The second-order valence-electron chi connectivity index (χ2n) is 5.27. The first kappa shape index (κ1) is 18.1. The SMILES string of the molecule is C=C(C)C(=O)OCCNC(C)(C)C.C=Cc1ncc[nH]1. The lowest BCUT2D eigenvalue weighted by Gasteiger charge is -2.20. The van der Waals surface area contributed by atoms with Crippen molar-refractivity contribution in [3.63, 3.8) is 0 Å². The number of hydrogen-bond acceptors (Lipinski definition) is 4. The average molecular weight is 279 g/mol. The fourth-order valence-electron chi connectivity index (χ4n) is 1.08. The Morgan fingerprint density at radius 3 is 2.55 bits per heavy atom. The predicted octanol–water partition coefficient (Wildman–Crippen LogP) is 2.55. The van der Waals surface area contributed by atoms with Gasteiger partial charge >= 0.3 is 5.97 Å². The number of ether oxygens (including phenoxy) is 1. The standard InChI is InChI=1S/C10H19NO2.C5H6N2/c1-8(2)9(12)13-7-6-11-10(3,4)5;1-2-5-6-3-4-7-5/h11H,1,6-7H2,2-5H3;2-4H,1H2,(H,6,7). The van der Waals surface area contributed by atoms with E-state index in [0.29, 0.717) is 18.7 Å². The molecule has 1 aromatic heterocycles. The van der Waals surface area contributed by atoms with Gasteiger partial charge in [0.15, 0.2) is 0 Å². The van der Waals surface area contributed by atoms with E-state index in [4.69, 9.17) is 4.74 Å². The molecule has 112 valence electrons. The number of aromatic amines is 1. The largest absolute Gasteiger partial charge is 0.461 e. The van der Waals surface area contributed by atoms with Crippen molar-refractivity contribution in [3.05, 3.63) is 36.9 Å². The third kappa shape index (κ3) is 10.1. The molecular formula is C15H25N3O2. The van der Waals surface area contributed by atoms with Gasteiger partial charge in [-0.25, -0.2) is 9.78 Å². The van der Waals surface area contributed by atoms with Crippen LogP contribution < -0.4 is 5.32 Å². The van der Waals surface area contributed by atoms with Crippen LogP contribution in [0.5, 0.6) is 0 Å². The number of nitrogens with zero attached hydrogens (tertiary/aromatic N) is 1. The molecule has 0 atom stereocenters. The van der Waals surface area contributed by atoms with Crippen LogP contribution in [0.2, 0.25) is 0 Å². The summed E-state index contributed by atoms with van der Waals surface area (Å²) in [6.45, 7) is 15.9. The minimum atomic E-state index is -0.323. The molecule has 0 aliphatic rings. The molecule has 1 rings (SSSR count). The second kappa shape index (κ2) is 9.09. The minimum Gasteiger partial charge on any atom is -0.461 e. The van der Waals surface area contributed by atoms with Gasteiger partial charge < -0.3 is 15.0 Å². The highest BCUT2D eigenvalue weighted by Gasteiger charge is 2.08. The summed E-state index contributed by atoms with van der Waals surface area (Å²) >= 11 is 0. The number of hydrogen-bond donors (Lipinski definition) is 2. The summed E-state index contributed by atoms with van der Waals surface area (Å²) < 4.78 is 4.90. The Morgan fingerprint density at radius 2 is 2.20 bits per heavy atom. The van der Waals surface area contributed by atoms with Crippen molar-refractivity contribution in [1.29, 1.82) is 0 Å². The van der Waals surface area contributed by atoms with Crippen LogP contribution in [0, 0.1) is 0 Å². The van der Waals surface area contributed by atoms with Gasteiger partial charge in [-0.1, -0.05) is 13.2 Å². The van der Waals surface area contributed by atoms with Gasteiger partial charge in [0.05, 0.1) is 0 Å². The number of nitrogens with one attached hydrogen (secondary N) is 2. The molecule has 5 nitrogen and oxygen atoms in total. The smallest absolute Gasteiger partial charge is 0.333 e. The van der Waals surface area contributed by atoms with Gasteiger partial charge in [0.1, 0.15) is 12.4 Å². The fraction of sp³-hybridized carbons (Fsp3) is 0.467. The lowest BCUT2D eigenvalue weighted by atomic mass is 10.1. The maximum absolute atomic E-state index is 10.9. The van der Waals surface area contributed by atoms with E-state index >= 15 is 0 Å². The number of carbonyl (C=O) groups is 1. The first-order chi connectivity index (χ1) is 9.26. The first-order valence-electron chi connectivity index (χ1n) is 6.45. The van der Waals surface area contributed by atoms with E-state index in [0.717, 1.165) is 5.82 Å². The van der Waals surface area contributed by atoms with E-state index in [1.807, 2.05) is 0 Å². The molecule has 0 bridgehead atoms. The molecule has 1 aromatic rings. The molecule has 20 heavy (non-hydrogen) atoms. The lowest BCUT2D eigenvalue weighted by Crippen LogP contribution is -2.38. The number of carbonyl (C=O) groups excluding carboxylic acids is 1. The Kier molecular flexibility index (Phi) is 8.24. The van der Waals surface area contributed by atoms with Gasteiger partial charge in [0.25, 0.3) is 0 Å². The molecule has 0 unspecified atom stereocenters. The fourth-order valence-corrected chi connectivity index (χ4v) is 1.08. The average Bonchev–Trinajstić information content (AvgIpc) is 2.87. The molecule has 0 aliphatic carbocycles. The van der Waals surface area contributed by atoms with Crippen LogP contribution in [-0.4, -0.2) is 34.6 Å². The van der Waals surface area contributed by atoms with Gasteiger partial charge in [-0.05, 0) is 33.8 Å². The van der Waals surface area contributed by atoms with E-state index < -0.39 is 0 Å². The predicted molar refractivity (Wildman–Crippen MR) is 82.2 cm³/mol. The molecule has 0 spiro atoms. The van der Waals surface area contributed by atoms with Crippen molar-refractivity contribution in [2.45, 2.75) is 33.2 Å². The Labute approximate surface area is 121 Å². The van der Waals surface area contributed by atoms with Gasteiger partial charge in [-0.2, -0.15) is 0 Å². The summed E-state index contributed by atoms with van der Waals surface area (Å²) in [4.78, 5) is 17.6. The summed E-state index contributed by atoms with van der Waals surface area (Å²) in [5, 5.41) is 3.21. The van der Waals surface area contributed by atoms with Gasteiger partial charge in [0.2, 0.25) is 0 Å². The summed E-state index contributed by atoms with van der Waals surface area (Å²) in [5.41, 5.74) is 0.506. The van der Waals surface area contributed by atoms with Crippen LogP contribution in [0.1, 0.15) is 33.5 Å². The van der Waals surface area contributed by atoms with E-state index in [2.05, 4.69) is 49.2 Å². The van der Waals surface area contributed by atoms with Crippen LogP contribution in [0.4, 0.5) is 0 Å². The molecule has 0 saturated heterocycles. The highest BCUT2D eigenvalue weighted by atomic mass is 16.5. The molecule has 0 aromatic carbocycles. The third-order valence-electron chi connectivity index (χ3n) is 2.05. The minimum absolute atomic E-state index is 0.0651. The van der Waals surface area contributed by atoms with Crippen LogP contribution in [0.25, 0.3) is 6.08 Å². The summed E-state index contributed by atoms with van der Waals surface area (Å²) in [6.07, 6.45) is 5.12. The van der Waals surface area contributed by atoms with E-state index in [1.165, 1.54) is 0 Å². The lowest BCUT2D eigenvalue weighted by molar-refractivity contribution is -0.138. The molecule has 0 fully saturated rings. The highest BCUT2D eigenvalue weighted by Crippen LogP contribution is 1.97. The van der Waals surface area contributed by atoms with Crippen LogP contribution >= 0.6 is 0 Å². The van der Waals surface area contributed by atoms with E-state index in [9.17, 15) is 4.79 Å². The Hall–Kier alpha value is -1.88. The van der Waals surface area contributed by atoms with Crippen molar-refractivity contribution in [2.24, 2.45) is 0 Å². The summed E-state index contributed by atoms with van der Waals surface area (Å²) in [5.74, 6) is 0.496. The monoisotopic (exact) mass is 279 g/mol. The number of aromatic nitrogens is 2. The summed E-state index contributed by atoms with van der Waals surface area (Å²) in [6, 6.07) is 0. The molecule has 1 heterocycles. The molecule has 0 amide bonds. The molecule has 0 radical (unpaired) electrons. The zero-order valence-electron chi connectivity index (χ0n) is 12.8. The van der Waals surface area contributed by atoms with Crippen LogP contribution in [-0.2, 0) is 9.53 Å². The maximum atomic E-state index is 10.9. The Balaban J connectivity index is 0.000000428. The second-order valence-corrected chi connectivity index (χ2v) is 5.27. The van der Waals surface area contributed by atoms with Gasteiger partial charge in [-0.3, -0.25) is 0 Å². The quantitative estimate of drug-likeness (QED) is 0.494. The molecule has 2 N–H and O–H groups in total. The Bertz CT molecular complexity index is 417. The Morgan fingerprint density at radius 1 is 1.55 bits per heavy atom. The van der Waals surface area contributed by atoms with Crippen LogP contribution in [0.3, 0.4) is 0 Å². The normalized spacial score (nSPS) is 10.2. The van der Waals surface area contributed by atoms with Crippen molar-refractivity contribution < 1.29 is 9.53 Å². The van der Waals surface area contributed by atoms with E-state index in [1.54, 1.807) is 25.4 Å². The van der Waals surface area contributed by atoms with Crippen molar-refractivity contribution in [3.8, 4) is 0 Å². The zero-order chi connectivity index (χ0) is 15.6. The molecule has 0 saturated carbocycles. The summed E-state index contributed by atoms with van der Waals surface area (Å²) in [7, 11) is 0. The van der Waals surface area contributed by atoms with Crippen molar-refractivity contribution in [1.82, 2.24) is 15.3 Å². The van der Waals surface area contributed by atoms with Gasteiger partial charge in [0, 0.05) is 30.1 Å². The third-order valence-corrected chi connectivity index (χ3v) is 2.05. The topological polar surface area (TPSA) is 67.0 Å². The molecule has 5 heteroatoms. The van der Waals surface area contributed by atoms with Gasteiger partial charge in [-0.15, -0.1) is 0 Å². The zero-order valence-corrected chi connectivity index (χ0v) is 12.8. The van der Waals surface area contributed by atoms with Crippen LogP contribution in [0.15, 0.2) is 31.1 Å². The number of imidazole rings is 1. The maximum Gasteiger partial charge on any atom is 0.333 e. The number of H-pyrrole nitrogens is 1. The molecule has 0 aliphatic heterocycles. The van der Waals surface area contributed by atoms with Crippen molar-refractivity contribution >= 4 is 12.0 Å².